The van der Waals surface area contributed by atoms with Gasteiger partial charge >= 0.3 is 7.82 Å². The second-order valence-electron chi connectivity index (χ2n) is 3.64. The zero-order valence-electron chi connectivity index (χ0n) is 7.78. The van der Waals surface area contributed by atoms with Gasteiger partial charge in [0.15, 0.2) is 0 Å². The second kappa shape index (κ2) is 3.81. The Bertz CT molecular complexity index is 252. The van der Waals surface area contributed by atoms with Crippen molar-refractivity contribution in [2.75, 3.05) is 19.8 Å². The largest absolute Gasteiger partial charge is 0.475 e. The smallest absolute Gasteiger partial charge is 0.286 e. The van der Waals surface area contributed by atoms with Gasteiger partial charge in [0.2, 0.25) is 0 Å². The summed E-state index contributed by atoms with van der Waals surface area (Å²) in [5.74, 6) is 2.21. The number of rotatable bonds is 2. The van der Waals surface area contributed by atoms with Crippen molar-refractivity contribution in [3.8, 4) is 12.3 Å². The third-order valence-corrected chi connectivity index (χ3v) is 2.87. The van der Waals surface area contributed by atoms with Crippen molar-refractivity contribution in [3.63, 3.8) is 0 Å². The van der Waals surface area contributed by atoms with Crippen molar-refractivity contribution in [3.05, 3.63) is 0 Å². The zero-order chi connectivity index (χ0) is 9.95. The lowest BCUT2D eigenvalue weighted by atomic mass is 9.97. The second-order valence-corrected chi connectivity index (χ2v) is 5.30. The van der Waals surface area contributed by atoms with E-state index in [1.54, 1.807) is 0 Å². The molecule has 1 saturated heterocycles. The molecule has 0 spiro atoms. The van der Waals surface area contributed by atoms with E-state index in [9.17, 15) is 4.57 Å². The summed E-state index contributed by atoms with van der Waals surface area (Å²) in [5, 5.41) is 0. The molecule has 1 heterocycles. The maximum atomic E-state index is 11.5. The van der Waals surface area contributed by atoms with Crippen LogP contribution in [0.2, 0.25) is 0 Å². The molecule has 13 heavy (non-hydrogen) atoms. The standard InChI is InChI=1S/C8H13O4P/c1-4-5-10-13(9)11-6-8(2,3)7-12-13/h1H,5-7H2,2-3H3. The molecule has 0 atom stereocenters. The fraction of sp³-hybridized carbons (Fsp3) is 0.750. The lowest BCUT2D eigenvalue weighted by molar-refractivity contribution is 0.00481. The van der Waals surface area contributed by atoms with Gasteiger partial charge in [-0.25, -0.2) is 4.57 Å². The summed E-state index contributed by atoms with van der Waals surface area (Å²) in [7, 11) is -3.35. The first kappa shape index (κ1) is 10.7. The number of phosphoric acid groups is 1. The molecule has 74 valence electrons. The molecule has 0 amide bonds. The van der Waals surface area contributed by atoms with Crippen LogP contribution in [0.4, 0.5) is 0 Å². The minimum absolute atomic E-state index is 0.0578. The average Bonchev–Trinajstić information content (AvgIpc) is 2.08. The van der Waals surface area contributed by atoms with Gasteiger partial charge in [0.05, 0.1) is 13.2 Å². The molecule has 1 fully saturated rings. The quantitative estimate of drug-likeness (QED) is 0.508. The number of hydrogen-bond donors (Lipinski definition) is 0. The van der Waals surface area contributed by atoms with Crippen LogP contribution in [0.25, 0.3) is 0 Å². The fourth-order valence-corrected chi connectivity index (χ4v) is 2.25. The predicted molar refractivity (Wildman–Crippen MR) is 48.1 cm³/mol. The first-order chi connectivity index (χ1) is 5.97. The molecule has 0 aromatic carbocycles. The van der Waals surface area contributed by atoms with Crippen LogP contribution in [0, 0.1) is 17.8 Å². The average molecular weight is 204 g/mol. The highest BCUT2D eigenvalue weighted by molar-refractivity contribution is 7.48. The van der Waals surface area contributed by atoms with E-state index in [-0.39, 0.29) is 12.0 Å². The molecule has 0 aliphatic carbocycles. The third kappa shape index (κ3) is 3.13. The zero-order valence-corrected chi connectivity index (χ0v) is 8.67. The van der Waals surface area contributed by atoms with Gasteiger partial charge in [-0.15, -0.1) is 6.42 Å². The van der Waals surface area contributed by atoms with Crippen molar-refractivity contribution in [1.82, 2.24) is 0 Å². The van der Waals surface area contributed by atoms with Gasteiger partial charge in [-0.1, -0.05) is 19.8 Å². The fourth-order valence-electron chi connectivity index (χ4n) is 0.777. The summed E-state index contributed by atoms with van der Waals surface area (Å²) in [6.45, 7) is 4.57. The molecular formula is C8H13O4P. The van der Waals surface area contributed by atoms with E-state index in [2.05, 4.69) is 5.92 Å². The molecule has 0 N–H and O–H groups in total. The lowest BCUT2D eigenvalue weighted by Gasteiger charge is -2.32. The van der Waals surface area contributed by atoms with Gasteiger partial charge in [-0.05, 0) is 0 Å². The Balaban J connectivity index is 2.48. The molecule has 1 rings (SSSR count). The summed E-state index contributed by atoms with van der Waals surface area (Å²) in [6.07, 6.45) is 4.95. The summed E-state index contributed by atoms with van der Waals surface area (Å²) >= 11 is 0. The highest BCUT2D eigenvalue weighted by Gasteiger charge is 2.37. The van der Waals surface area contributed by atoms with Gasteiger partial charge in [0, 0.05) is 5.41 Å². The van der Waals surface area contributed by atoms with Crippen molar-refractivity contribution in [2.24, 2.45) is 5.41 Å². The maximum Gasteiger partial charge on any atom is 0.475 e. The summed E-state index contributed by atoms with van der Waals surface area (Å²) in [5.41, 5.74) is -0.118. The highest BCUT2D eigenvalue weighted by atomic mass is 31.2. The summed E-state index contributed by atoms with van der Waals surface area (Å²) in [4.78, 5) is 0. The van der Waals surface area contributed by atoms with Gasteiger partial charge in [-0.2, -0.15) is 0 Å². The van der Waals surface area contributed by atoms with Crippen molar-refractivity contribution in [1.29, 1.82) is 0 Å². The molecule has 0 aromatic heterocycles. The van der Waals surface area contributed by atoms with Crippen LogP contribution in [0.5, 0.6) is 0 Å². The summed E-state index contributed by atoms with van der Waals surface area (Å²) < 4.78 is 26.3. The molecule has 5 heteroatoms. The first-order valence-corrected chi connectivity index (χ1v) is 5.41. The van der Waals surface area contributed by atoms with Crippen LogP contribution in [0.3, 0.4) is 0 Å². The Morgan fingerprint density at radius 3 is 2.54 bits per heavy atom. The Morgan fingerprint density at radius 1 is 1.54 bits per heavy atom. The van der Waals surface area contributed by atoms with Crippen LogP contribution < -0.4 is 0 Å². The molecule has 0 radical (unpaired) electrons. The van der Waals surface area contributed by atoms with E-state index in [0.717, 1.165) is 0 Å². The van der Waals surface area contributed by atoms with Crippen LogP contribution >= 0.6 is 7.82 Å². The third-order valence-electron chi connectivity index (χ3n) is 1.53. The number of phosphoric ester groups is 1. The monoisotopic (exact) mass is 204 g/mol. The van der Waals surface area contributed by atoms with E-state index in [0.29, 0.717) is 13.2 Å². The summed E-state index contributed by atoms with van der Waals surface area (Å²) in [6, 6.07) is 0. The van der Waals surface area contributed by atoms with Crippen molar-refractivity contribution >= 4 is 7.82 Å². The normalized spacial score (nSPS) is 25.0. The highest BCUT2D eigenvalue weighted by Crippen LogP contribution is 2.54. The lowest BCUT2D eigenvalue weighted by Crippen LogP contribution is -2.29. The van der Waals surface area contributed by atoms with Gasteiger partial charge in [0.25, 0.3) is 0 Å². The van der Waals surface area contributed by atoms with Gasteiger partial charge < -0.3 is 0 Å². The van der Waals surface area contributed by atoms with E-state index in [4.69, 9.17) is 20.0 Å². The molecule has 0 saturated carbocycles. The predicted octanol–water partition coefficient (Wildman–Crippen LogP) is 1.82. The Kier molecular flexibility index (Phi) is 3.15. The van der Waals surface area contributed by atoms with Gasteiger partial charge in [0.1, 0.15) is 6.61 Å². The molecule has 4 nitrogen and oxygen atoms in total. The molecule has 0 unspecified atom stereocenters. The van der Waals surface area contributed by atoms with E-state index < -0.39 is 7.82 Å². The molecule has 0 aromatic rings. The van der Waals surface area contributed by atoms with Crippen molar-refractivity contribution < 1.29 is 18.1 Å². The molecule has 0 bridgehead atoms. The minimum Gasteiger partial charge on any atom is -0.286 e. The minimum atomic E-state index is -3.35. The van der Waals surface area contributed by atoms with Gasteiger partial charge in [-0.3, -0.25) is 13.6 Å². The van der Waals surface area contributed by atoms with E-state index in [1.165, 1.54) is 0 Å². The first-order valence-electron chi connectivity index (χ1n) is 3.95. The van der Waals surface area contributed by atoms with Crippen LogP contribution in [0.15, 0.2) is 0 Å². The Morgan fingerprint density at radius 2 is 2.08 bits per heavy atom. The Hall–Kier alpha value is -0.330. The topological polar surface area (TPSA) is 44.8 Å². The van der Waals surface area contributed by atoms with E-state index in [1.807, 2.05) is 13.8 Å². The van der Waals surface area contributed by atoms with Crippen LogP contribution in [-0.4, -0.2) is 19.8 Å². The van der Waals surface area contributed by atoms with Crippen LogP contribution in [-0.2, 0) is 18.1 Å². The number of terminal acetylenes is 1. The SMILES string of the molecule is C#CCOP1(=O)OCC(C)(C)CO1. The number of hydrogen-bond acceptors (Lipinski definition) is 4. The Labute approximate surface area is 78.2 Å². The molecular weight excluding hydrogens is 191 g/mol. The molecule has 1 aliphatic rings. The molecule has 1 aliphatic heterocycles. The maximum absolute atomic E-state index is 11.5. The van der Waals surface area contributed by atoms with Crippen LogP contribution in [0.1, 0.15) is 13.8 Å². The van der Waals surface area contributed by atoms with Crippen molar-refractivity contribution in [2.45, 2.75) is 13.8 Å². The van der Waals surface area contributed by atoms with E-state index >= 15 is 0 Å².